The predicted molar refractivity (Wildman–Crippen MR) is 150 cm³/mol. The van der Waals surface area contributed by atoms with Crippen LogP contribution in [0.25, 0.3) is 11.0 Å². The number of benzene rings is 2. The molecule has 4 aromatic rings. The number of fused-ring (bicyclic) bond motifs is 2. The number of hydrogen-bond acceptors (Lipinski definition) is 10. The Morgan fingerprint density at radius 2 is 1.65 bits per heavy atom. The summed E-state index contributed by atoms with van der Waals surface area (Å²) in [5.74, 6) is -0.145. The molecule has 0 N–H and O–H groups in total. The van der Waals surface area contributed by atoms with Gasteiger partial charge in [-0.05, 0) is 68.7 Å². The van der Waals surface area contributed by atoms with Crippen molar-refractivity contribution in [2.75, 3.05) is 32.8 Å². The van der Waals surface area contributed by atoms with Crippen molar-refractivity contribution in [1.29, 1.82) is 0 Å². The van der Waals surface area contributed by atoms with Crippen molar-refractivity contribution in [3.63, 3.8) is 0 Å². The van der Waals surface area contributed by atoms with Crippen LogP contribution in [0.15, 0.2) is 33.5 Å². The van der Waals surface area contributed by atoms with Gasteiger partial charge in [0.05, 0.1) is 50.6 Å². The fourth-order valence-electron chi connectivity index (χ4n) is 4.87. The van der Waals surface area contributed by atoms with E-state index < -0.39 is 17.9 Å². The maximum absolute atomic E-state index is 14.1. The monoisotopic (exact) mass is 564 g/mol. The van der Waals surface area contributed by atoms with Crippen molar-refractivity contribution in [3.8, 4) is 17.2 Å². The first-order chi connectivity index (χ1) is 19.1. The molecule has 0 aliphatic carbocycles. The quantitative estimate of drug-likeness (QED) is 0.282. The third kappa shape index (κ3) is 4.17. The highest BCUT2D eigenvalue weighted by Gasteiger charge is 2.46. The van der Waals surface area contributed by atoms with Crippen molar-refractivity contribution in [2.45, 2.75) is 33.7 Å². The van der Waals surface area contributed by atoms with Gasteiger partial charge in [0.15, 0.2) is 22.1 Å². The largest absolute Gasteiger partial charge is 0.493 e. The van der Waals surface area contributed by atoms with E-state index in [9.17, 15) is 14.4 Å². The van der Waals surface area contributed by atoms with Gasteiger partial charge in [0, 0.05) is 0 Å². The summed E-state index contributed by atoms with van der Waals surface area (Å²) in [7, 11) is 4.45. The van der Waals surface area contributed by atoms with Gasteiger partial charge in [-0.25, -0.2) is 9.78 Å². The average Bonchev–Trinajstić information content (AvgIpc) is 3.46. The first kappa shape index (κ1) is 27.2. The number of carbonyl (C=O) groups is 2. The molecule has 11 heteroatoms. The number of aromatic nitrogens is 1. The lowest BCUT2D eigenvalue weighted by atomic mass is 9.97. The van der Waals surface area contributed by atoms with Gasteiger partial charge in [-0.2, -0.15) is 0 Å². The van der Waals surface area contributed by atoms with Crippen molar-refractivity contribution >= 4 is 39.3 Å². The van der Waals surface area contributed by atoms with Crippen LogP contribution in [0.4, 0.5) is 5.13 Å². The minimum absolute atomic E-state index is 0.0926. The van der Waals surface area contributed by atoms with Crippen LogP contribution in [0.2, 0.25) is 0 Å². The van der Waals surface area contributed by atoms with Crippen LogP contribution in [-0.4, -0.2) is 44.8 Å². The van der Waals surface area contributed by atoms with Crippen LogP contribution in [0.3, 0.4) is 0 Å². The molecule has 0 spiro atoms. The zero-order chi connectivity index (χ0) is 28.9. The number of anilines is 1. The summed E-state index contributed by atoms with van der Waals surface area (Å²) >= 11 is 1.01. The van der Waals surface area contributed by atoms with Crippen LogP contribution >= 0.6 is 11.3 Å². The second-order valence-electron chi connectivity index (χ2n) is 9.27. The molecule has 3 heterocycles. The van der Waals surface area contributed by atoms with E-state index in [1.54, 1.807) is 38.1 Å². The van der Waals surface area contributed by atoms with Crippen molar-refractivity contribution < 1.29 is 33.0 Å². The molecule has 5 rings (SSSR count). The SMILES string of the molecule is CCOC(=O)c1sc(N2C(=O)c3oc4cc(C)c(C)cc4c(=O)c3C2c2cc(OC)c(OC)c(OC)c2)nc1C. The van der Waals surface area contributed by atoms with E-state index in [-0.39, 0.29) is 33.4 Å². The Balaban J connectivity index is 1.82. The highest BCUT2D eigenvalue weighted by atomic mass is 32.1. The summed E-state index contributed by atoms with van der Waals surface area (Å²) in [6.07, 6.45) is 0. The Bertz CT molecular complexity index is 1710. The molecule has 1 aliphatic heterocycles. The minimum Gasteiger partial charge on any atom is -0.493 e. The highest BCUT2D eigenvalue weighted by molar-refractivity contribution is 7.17. The molecule has 0 radical (unpaired) electrons. The lowest BCUT2D eigenvalue weighted by Gasteiger charge is -2.24. The van der Waals surface area contributed by atoms with Gasteiger partial charge in [0.2, 0.25) is 11.5 Å². The number of thiazole rings is 1. The van der Waals surface area contributed by atoms with Crippen molar-refractivity contribution in [3.05, 3.63) is 73.1 Å². The number of hydrogen-bond donors (Lipinski definition) is 0. The molecule has 1 aliphatic rings. The van der Waals surface area contributed by atoms with Crippen LogP contribution in [-0.2, 0) is 4.74 Å². The molecular formula is C29H28N2O8S. The first-order valence-electron chi connectivity index (χ1n) is 12.5. The van der Waals surface area contributed by atoms with E-state index in [2.05, 4.69) is 4.98 Å². The van der Waals surface area contributed by atoms with Crippen molar-refractivity contribution in [1.82, 2.24) is 4.98 Å². The Labute approximate surface area is 234 Å². The minimum atomic E-state index is -0.959. The number of carbonyl (C=O) groups excluding carboxylic acids is 2. The number of amides is 1. The molecule has 0 fully saturated rings. The fourth-order valence-corrected chi connectivity index (χ4v) is 5.86. The molecule has 0 saturated heterocycles. The van der Waals surface area contributed by atoms with Gasteiger partial charge in [0.1, 0.15) is 10.5 Å². The molecule has 10 nitrogen and oxygen atoms in total. The summed E-state index contributed by atoms with van der Waals surface area (Å²) in [4.78, 5) is 46.9. The molecule has 1 amide bonds. The van der Waals surface area contributed by atoms with Gasteiger partial charge in [-0.15, -0.1) is 0 Å². The average molecular weight is 565 g/mol. The molecular weight excluding hydrogens is 536 g/mol. The van der Waals surface area contributed by atoms with Crippen LogP contribution in [0.1, 0.15) is 61.1 Å². The van der Waals surface area contributed by atoms with Crippen LogP contribution < -0.4 is 24.5 Å². The summed E-state index contributed by atoms with van der Waals surface area (Å²) in [5, 5.41) is 0.572. The number of nitrogens with zero attached hydrogens (tertiary/aromatic N) is 2. The van der Waals surface area contributed by atoms with E-state index in [0.717, 1.165) is 22.5 Å². The number of esters is 1. The smallest absolute Gasteiger partial charge is 0.350 e. The molecule has 40 heavy (non-hydrogen) atoms. The number of methoxy groups -OCH3 is 3. The van der Waals surface area contributed by atoms with Gasteiger partial charge in [0.25, 0.3) is 5.91 Å². The molecule has 2 aromatic heterocycles. The Hall–Kier alpha value is -4.38. The summed E-state index contributed by atoms with van der Waals surface area (Å²) in [6.45, 7) is 7.38. The Morgan fingerprint density at radius 1 is 1.00 bits per heavy atom. The van der Waals surface area contributed by atoms with Crippen LogP contribution in [0.5, 0.6) is 17.2 Å². The zero-order valence-corrected chi connectivity index (χ0v) is 24.0. The number of rotatable bonds is 7. The molecule has 1 unspecified atom stereocenters. The maximum Gasteiger partial charge on any atom is 0.350 e. The summed E-state index contributed by atoms with van der Waals surface area (Å²) < 4.78 is 27.9. The normalized spacial score (nSPS) is 14.4. The van der Waals surface area contributed by atoms with E-state index >= 15 is 0 Å². The summed E-state index contributed by atoms with van der Waals surface area (Å²) in [5.41, 5.74) is 2.87. The lowest BCUT2D eigenvalue weighted by molar-refractivity contribution is 0.0531. The number of aryl methyl sites for hydroxylation is 3. The second kappa shape index (κ2) is 10.3. The topological polar surface area (TPSA) is 117 Å². The van der Waals surface area contributed by atoms with Gasteiger partial charge >= 0.3 is 5.97 Å². The lowest BCUT2D eigenvalue weighted by Crippen LogP contribution is -2.29. The fraction of sp³-hybridized carbons (Fsp3) is 0.310. The predicted octanol–water partition coefficient (Wildman–Crippen LogP) is 5.13. The second-order valence-corrected chi connectivity index (χ2v) is 10.3. The summed E-state index contributed by atoms with van der Waals surface area (Å²) in [6, 6.07) is 5.92. The van der Waals surface area contributed by atoms with E-state index in [1.807, 2.05) is 13.8 Å². The Morgan fingerprint density at radius 3 is 2.25 bits per heavy atom. The van der Waals surface area contributed by atoms with Gasteiger partial charge in [-0.3, -0.25) is 14.5 Å². The standard InChI is InChI=1S/C29H28N2O8S/c1-8-38-28(34)26-15(4)30-29(40-26)31-22(16-11-19(35-5)24(37-7)20(12-16)36-6)21-23(32)17-9-13(2)14(3)10-18(17)39-25(21)27(31)33/h9-12,22H,8H2,1-7H3. The Kier molecular flexibility index (Phi) is 7.01. The highest BCUT2D eigenvalue weighted by Crippen LogP contribution is 2.47. The molecule has 2 aromatic carbocycles. The molecule has 0 bridgehead atoms. The van der Waals surface area contributed by atoms with Crippen molar-refractivity contribution in [2.24, 2.45) is 0 Å². The zero-order valence-electron chi connectivity index (χ0n) is 23.2. The van der Waals surface area contributed by atoms with E-state index in [1.165, 1.54) is 26.2 Å². The van der Waals surface area contributed by atoms with Gasteiger partial charge in [-0.1, -0.05) is 11.3 Å². The number of ether oxygens (including phenoxy) is 4. The third-order valence-electron chi connectivity index (χ3n) is 6.94. The molecule has 1 atom stereocenters. The van der Waals surface area contributed by atoms with E-state index in [4.69, 9.17) is 23.4 Å². The first-order valence-corrected chi connectivity index (χ1v) is 13.3. The van der Waals surface area contributed by atoms with Gasteiger partial charge < -0.3 is 23.4 Å². The third-order valence-corrected chi connectivity index (χ3v) is 8.08. The molecule has 208 valence electrons. The van der Waals surface area contributed by atoms with Crippen LogP contribution in [0, 0.1) is 20.8 Å². The maximum atomic E-state index is 14.1. The van der Waals surface area contributed by atoms with E-state index in [0.29, 0.717) is 39.5 Å². The molecule has 0 saturated carbocycles.